The van der Waals surface area contributed by atoms with E-state index in [9.17, 15) is 23.1 Å². The minimum Gasteiger partial charge on any atom is -0.392 e. The van der Waals surface area contributed by atoms with E-state index in [0.717, 1.165) is 30.3 Å². The second kappa shape index (κ2) is 7.94. The maximum Gasteiger partial charge on any atom is 0.416 e. The SMILES string of the molecule is CC1CC(Cc2nncn2C)(c2cccc(N3Cc4c(cc(CO)cc4C(F)(F)F)C3=O)c2)C1. The fourth-order valence-electron chi connectivity index (χ4n) is 5.55. The molecule has 2 aromatic carbocycles. The Bertz CT molecular complexity index is 1260. The van der Waals surface area contributed by atoms with E-state index in [1.807, 2.05) is 29.8 Å². The van der Waals surface area contributed by atoms with Crippen LogP contribution in [0.25, 0.3) is 0 Å². The van der Waals surface area contributed by atoms with Gasteiger partial charge in [0.2, 0.25) is 0 Å². The molecule has 1 N–H and O–H groups in total. The Morgan fingerprint density at radius 2 is 1.97 bits per heavy atom. The van der Waals surface area contributed by atoms with Gasteiger partial charge in [0.1, 0.15) is 12.2 Å². The summed E-state index contributed by atoms with van der Waals surface area (Å²) in [6.45, 7) is 1.46. The van der Waals surface area contributed by atoms with Crippen LogP contribution in [0.15, 0.2) is 42.7 Å². The smallest absolute Gasteiger partial charge is 0.392 e. The molecular formula is C25H25F3N4O2. The fraction of sp³-hybridized carbons (Fsp3) is 0.400. The number of benzene rings is 2. The molecule has 1 fully saturated rings. The van der Waals surface area contributed by atoms with Crippen LogP contribution < -0.4 is 4.90 Å². The molecule has 0 radical (unpaired) electrons. The van der Waals surface area contributed by atoms with Gasteiger partial charge >= 0.3 is 6.18 Å². The molecule has 2 heterocycles. The van der Waals surface area contributed by atoms with Gasteiger partial charge in [0.25, 0.3) is 5.91 Å². The lowest BCUT2D eigenvalue weighted by Crippen LogP contribution is -2.42. The number of aliphatic hydroxyl groups excluding tert-OH is 1. The normalized spacial score (nSPS) is 22.1. The highest BCUT2D eigenvalue weighted by atomic mass is 19.4. The lowest BCUT2D eigenvalue weighted by Gasteiger charge is -2.47. The zero-order valence-electron chi connectivity index (χ0n) is 18.9. The van der Waals surface area contributed by atoms with E-state index in [-0.39, 0.29) is 28.7 Å². The number of fused-ring (bicyclic) bond motifs is 1. The number of rotatable bonds is 5. The fourth-order valence-corrected chi connectivity index (χ4v) is 5.55. The molecular weight excluding hydrogens is 445 g/mol. The summed E-state index contributed by atoms with van der Waals surface area (Å²) in [5, 5.41) is 17.7. The largest absolute Gasteiger partial charge is 0.416 e. The molecule has 178 valence electrons. The highest BCUT2D eigenvalue weighted by molar-refractivity contribution is 6.10. The predicted molar refractivity (Wildman–Crippen MR) is 119 cm³/mol. The van der Waals surface area contributed by atoms with Gasteiger partial charge in [-0.2, -0.15) is 13.2 Å². The van der Waals surface area contributed by atoms with Crippen LogP contribution in [0.4, 0.5) is 18.9 Å². The summed E-state index contributed by atoms with van der Waals surface area (Å²) in [7, 11) is 1.90. The Balaban J connectivity index is 1.51. The molecule has 9 heteroatoms. The van der Waals surface area contributed by atoms with Crippen LogP contribution in [-0.2, 0) is 38.2 Å². The Labute approximate surface area is 195 Å². The van der Waals surface area contributed by atoms with E-state index >= 15 is 0 Å². The van der Waals surface area contributed by atoms with Crippen molar-refractivity contribution in [2.75, 3.05) is 4.90 Å². The van der Waals surface area contributed by atoms with E-state index in [1.54, 1.807) is 12.4 Å². The first kappa shape index (κ1) is 22.6. The van der Waals surface area contributed by atoms with Crippen molar-refractivity contribution < 1.29 is 23.1 Å². The third-order valence-electron chi connectivity index (χ3n) is 7.14. The van der Waals surface area contributed by atoms with Crippen molar-refractivity contribution in [1.29, 1.82) is 0 Å². The van der Waals surface area contributed by atoms with E-state index in [1.165, 1.54) is 11.0 Å². The summed E-state index contributed by atoms with van der Waals surface area (Å²) in [6, 6.07) is 9.84. The molecule has 34 heavy (non-hydrogen) atoms. The van der Waals surface area contributed by atoms with Crippen LogP contribution in [-0.4, -0.2) is 25.8 Å². The minimum absolute atomic E-state index is 0.00431. The van der Waals surface area contributed by atoms with Crippen molar-refractivity contribution >= 4 is 11.6 Å². The van der Waals surface area contributed by atoms with Crippen LogP contribution in [0.2, 0.25) is 0 Å². The number of carbonyl (C=O) groups excluding carboxylic acids is 1. The van der Waals surface area contributed by atoms with Gasteiger partial charge in [0.15, 0.2) is 0 Å². The minimum atomic E-state index is -4.62. The van der Waals surface area contributed by atoms with Crippen LogP contribution in [0.3, 0.4) is 0 Å². The molecule has 1 aliphatic heterocycles. The molecule has 0 saturated heterocycles. The van der Waals surface area contributed by atoms with Crippen molar-refractivity contribution in [3.05, 3.63) is 76.4 Å². The zero-order chi connectivity index (χ0) is 24.3. The van der Waals surface area contributed by atoms with Gasteiger partial charge in [-0.3, -0.25) is 4.79 Å². The van der Waals surface area contributed by atoms with Crippen LogP contribution >= 0.6 is 0 Å². The summed E-state index contributed by atoms with van der Waals surface area (Å²) in [4.78, 5) is 14.6. The highest BCUT2D eigenvalue weighted by Gasteiger charge is 2.45. The molecule has 3 aromatic rings. The summed E-state index contributed by atoms with van der Waals surface area (Å²) in [5.41, 5.74) is 0.596. The van der Waals surface area contributed by atoms with Crippen molar-refractivity contribution in [3.63, 3.8) is 0 Å². The number of carbonyl (C=O) groups is 1. The number of alkyl halides is 3. The summed E-state index contributed by atoms with van der Waals surface area (Å²) >= 11 is 0. The topological polar surface area (TPSA) is 71.2 Å². The first-order valence-corrected chi connectivity index (χ1v) is 11.2. The number of aryl methyl sites for hydroxylation is 1. The molecule has 6 nitrogen and oxygen atoms in total. The first-order chi connectivity index (χ1) is 16.1. The van der Waals surface area contributed by atoms with Crippen molar-refractivity contribution in [1.82, 2.24) is 14.8 Å². The summed E-state index contributed by atoms with van der Waals surface area (Å²) < 4.78 is 43.0. The van der Waals surface area contributed by atoms with Gasteiger partial charge in [-0.25, -0.2) is 0 Å². The Morgan fingerprint density at radius 3 is 2.59 bits per heavy atom. The van der Waals surface area contributed by atoms with E-state index in [2.05, 4.69) is 17.1 Å². The monoisotopic (exact) mass is 470 g/mol. The highest BCUT2D eigenvalue weighted by Crippen LogP contribution is 2.50. The molecule has 1 saturated carbocycles. The standard InChI is InChI=1S/C25H25F3N4O2/c1-15-9-24(10-15,11-22-30-29-14-31(22)2)17-4-3-5-18(8-17)32-12-20-19(23(32)34)6-16(13-33)7-21(20)25(26,27)28/h3-8,14-15,33H,9-13H2,1-2H3. The molecule has 0 spiro atoms. The Hall–Kier alpha value is -3.20. The number of amides is 1. The molecule has 1 amide bonds. The van der Waals surface area contributed by atoms with Gasteiger partial charge in [0.05, 0.1) is 18.7 Å². The van der Waals surface area contributed by atoms with Gasteiger partial charge in [-0.15, -0.1) is 10.2 Å². The van der Waals surface area contributed by atoms with E-state index in [0.29, 0.717) is 18.0 Å². The number of halogens is 3. The molecule has 0 bridgehead atoms. The predicted octanol–water partition coefficient (Wildman–Crippen LogP) is 4.40. The molecule has 5 rings (SSSR count). The van der Waals surface area contributed by atoms with E-state index in [4.69, 9.17) is 0 Å². The van der Waals surface area contributed by atoms with Crippen LogP contribution in [0.1, 0.15) is 58.2 Å². The third-order valence-corrected chi connectivity index (χ3v) is 7.14. The molecule has 0 unspecified atom stereocenters. The van der Waals surface area contributed by atoms with Gasteiger partial charge < -0.3 is 14.6 Å². The first-order valence-electron chi connectivity index (χ1n) is 11.2. The van der Waals surface area contributed by atoms with Gasteiger partial charge in [0, 0.05) is 30.1 Å². The second-order valence-corrected chi connectivity index (χ2v) is 9.60. The molecule has 0 atom stereocenters. The number of aliphatic hydroxyl groups is 1. The number of hydrogen-bond acceptors (Lipinski definition) is 4. The number of anilines is 1. The Morgan fingerprint density at radius 1 is 1.21 bits per heavy atom. The maximum absolute atomic E-state index is 13.7. The van der Waals surface area contributed by atoms with Crippen molar-refractivity contribution in [3.8, 4) is 0 Å². The van der Waals surface area contributed by atoms with E-state index < -0.39 is 24.3 Å². The van der Waals surface area contributed by atoms with Gasteiger partial charge in [-0.1, -0.05) is 19.1 Å². The number of hydrogen-bond donors (Lipinski definition) is 1. The van der Waals surface area contributed by atoms with Crippen molar-refractivity contribution in [2.45, 2.75) is 50.9 Å². The maximum atomic E-state index is 13.7. The van der Waals surface area contributed by atoms with Crippen molar-refractivity contribution in [2.24, 2.45) is 13.0 Å². The second-order valence-electron chi connectivity index (χ2n) is 9.60. The van der Waals surface area contributed by atoms with Crippen LogP contribution in [0.5, 0.6) is 0 Å². The number of aromatic nitrogens is 3. The summed E-state index contributed by atoms with van der Waals surface area (Å²) in [5.74, 6) is 0.923. The molecule has 2 aliphatic rings. The quantitative estimate of drug-likeness (QED) is 0.600. The zero-order valence-corrected chi connectivity index (χ0v) is 18.9. The molecule has 1 aliphatic carbocycles. The van der Waals surface area contributed by atoms with Gasteiger partial charge in [-0.05, 0) is 59.7 Å². The third kappa shape index (κ3) is 3.68. The van der Waals surface area contributed by atoms with Crippen LogP contribution in [0, 0.1) is 5.92 Å². The average molecular weight is 470 g/mol. The summed E-state index contributed by atoms with van der Waals surface area (Å²) in [6.07, 6.45) is -0.342. The molecule has 1 aromatic heterocycles. The number of nitrogens with zero attached hydrogens (tertiary/aromatic N) is 4. The average Bonchev–Trinajstić information content (AvgIpc) is 3.33. The lowest BCUT2D eigenvalue weighted by atomic mass is 9.57. The Kier molecular flexibility index (Phi) is 5.27. The lowest BCUT2D eigenvalue weighted by molar-refractivity contribution is -0.138.